The Kier molecular flexibility index (Phi) is 6.31. The van der Waals surface area contributed by atoms with Crippen LogP contribution in [0.4, 0.5) is 0 Å². The first-order valence-corrected chi connectivity index (χ1v) is 8.64. The van der Waals surface area contributed by atoms with Crippen molar-refractivity contribution in [3.8, 4) is 11.5 Å². The molecule has 0 N–H and O–H groups in total. The monoisotopic (exact) mass is 302 g/mol. The molecular formula is C17H22O3Si. The van der Waals surface area contributed by atoms with Crippen LogP contribution in [0.3, 0.4) is 0 Å². The summed E-state index contributed by atoms with van der Waals surface area (Å²) in [5.74, 6) is 1.63. The number of hydrogen-bond donors (Lipinski definition) is 0. The molecule has 2 aromatic rings. The first-order valence-electron chi connectivity index (χ1n) is 7.25. The van der Waals surface area contributed by atoms with Gasteiger partial charge in [-0.1, -0.05) is 50.2 Å². The van der Waals surface area contributed by atoms with Gasteiger partial charge in [-0.2, -0.15) is 0 Å². The van der Waals surface area contributed by atoms with Gasteiger partial charge in [0.15, 0.2) is 9.76 Å². The third-order valence-corrected chi connectivity index (χ3v) is 3.99. The summed E-state index contributed by atoms with van der Waals surface area (Å²) in [6.07, 6.45) is -0.360. The van der Waals surface area contributed by atoms with Crippen molar-refractivity contribution in [2.45, 2.75) is 25.7 Å². The lowest BCUT2D eigenvalue weighted by Crippen LogP contribution is -2.30. The predicted octanol–water partition coefficient (Wildman–Crippen LogP) is 3.40. The van der Waals surface area contributed by atoms with Crippen molar-refractivity contribution in [2.24, 2.45) is 0 Å². The van der Waals surface area contributed by atoms with Crippen LogP contribution in [0.15, 0.2) is 60.7 Å². The van der Waals surface area contributed by atoms with E-state index in [1.807, 2.05) is 60.7 Å². The highest BCUT2D eigenvalue weighted by Gasteiger charge is 2.13. The van der Waals surface area contributed by atoms with Crippen molar-refractivity contribution in [1.29, 1.82) is 0 Å². The van der Waals surface area contributed by atoms with Gasteiger partial charge in [0, 0.05) is 0 Å². The molecule has 2 rings (SSSR count). The largest absolute Gasteiger partial charge is 0.487 e. The van der Waals surface area contributed by atoms with Crippen molar-refractivity contribution < 1.29 is 13.9 Å². The zero-order chi connectivity index (χ0) is 14.9. The normalized spacial score (nSPS) is 12.7. The van der Waals surface area contributed by atoms with Crippen LogP contribution in [0.5, 0.6) is 11.5 Å². The van der Waals surface area contributed by atoms with E-state index in [1.54, 1.807) is 0 Å². The van der Waals surface area contributed by atoms with Gasteiger partial charge in [-0.25, -0.2) is 0 Å². The average molecular weight is 302 g/mol. The first kappa shape index (κ1) is 15.6. The highest BCUT2D eigenvalue weighted by molar-refractivity contribution is 6.29. The van der Waals surface area contributed by atoms with Gasteiger partial charge >= 0.3 is 0 Å². The second-order valence-corrected chi connectivity index (χ2v) is 7.51. The summed E-state index contributed by atoms with van der Waals surface area (Å²) in [5.41, 5.74) is 0.587. The molecule has 0 aliphatic carbocycles. The minimum Gasteiger partial charge on any atom is -0.487 e. The van der Waals surface area contributed by atoms with E-state index >= 15 is 0 Å². The lowest BCUT2D eigenvalue weighted by molar-refractivity contribution is -0.0271. The van der Waals surface area contributed by atoms with Crippen LogP contribution in [-0.2, 0) is 4.43 Å². The van der Waals surface area contributed by atoms with Crippen LogP contribution in [0.2, 0.25) is 5.54 Å². The maximum absolute atomic E-state index is 5.92. The smallest absolute Gasteiger partial charge is 0.224 e. The fourth-order valence-corrected chi connectivity index (χ4v) is 2.51. The van der Waals surface area contributed by atoms with E-state index in [0.29, 0.717) is 12.1 Å². The summed E-state index contributed by atoms with van der Waals surface area (Å²) in [5, 5.41) is 0. The zero-order valence-electron chi connectivity index (χ0n) is 12.6. The summed E-state index contributed by atoms with van der Waals surface area (Å²) >= 11 is 0. The summed E-state index contributed by atoms with van der Waals surface area (Å²) in [6.45, 7) is 4.73. The van der Waals surface area contributed by atoms with Crippen molar-refractivity contribution in [1.82, 2.24) is 0 Å². The molecule has 0 aliphatic rings. The van der Waals surface area contributed by atoms with Crippen LogP contribution in [-0.4, -0.2) is 22.7 Å². The third kappa shape index (κ3) is 6.02. The average Bonchev–Trinajstić information content (AvgIpc) is 2.52. The Bertz CT molecular complexity index is 502. The molecule has 21 heavy (non-hydrogen) atoms. The van der Waals surface area contributed by atoms with E-state index in [4.69, 9.17) is 13.9 Å². The first-order chi connectivity index (χ1) is 10.2. The van der Waals surface area contributed by atoms with E-state index in [-0.39, 0.29) is 6.29 Å². The topological polar surface area (TPSA) is 27.7 Å². The fraction of sp³-hybridized carbons (Fsp3) is 0.294. The van der Waals surface area contributed by atoms with Gasteiger partial charge in [0.2, 0.25) is 6.29 Å². The highest BCUT2D eigenvalue weighted by Crippen LogP contribution is 2.14. The number of hydrogen-bond acceptors (Lipinski definition) is 3. The molecule has 0 amide bonds. The summed E-state index contributed by atoms with van der Waals surface area (Å²) in [6, 6.07) is 19.4. The molecule has 4 heteroatoms. The molecule has 0 saturated heterocycles. The zero-order valence-corrected chi connectivity index (χ0v) is 14.0. The van der Waals surface area contributed by atoms with Gasteiger partial charge in [0.1, 0.15) is 18.1 Å². The standard InChI is InChI=1S/C17H22O3Si/c1-14(2)21-20-17(19-16-11-7-4-8-12-16)13-18-15-9-5-3-6-10-15/h3-12,14,17H,13,21H2,1-2H3. The number of ether oxygens (including phenoxy) is 2. The molecule has 0 aromatic heterocycles. The molecule has 0 aliphatic heterocycles. The van der Waals surface area contributed by atoms with E-state index in [1.165, 1.54) is 0 Å². The predicted molar refractivity (Wildman–Crippen MR) is 87.5 cm³/mol. The second-order valence-electron chi connectivity index (χ2n) is 5.21. The Balaban J connectivity index is 1.91. The van der Waals surface area contributed by atoms with Gasteiger partial charge in [0.05, 0.1) is 0 Å². The van der Waals surface area contributed by atoms with Crippen molar-refractivity contribution >= 4 is 9.76 Å². The van der Waals surface area contributed by atoms with Crippen LogP contribution in [0.25, 0.3) is 0 Å². The summed E-state index contributed by atoms with van der Waals surface area (Å²) in [7, 11) is -0.622. The molecule has 112 valence electrons. The number of benzene rings is 2. The molecule has 0 bridgehead atoms. The Morgan fingerprint density at radius 3 is 2.00 bits per heavy atom. The molecule has 0 fully saturated rings. The van der Waals surface area contributed by atoms with Gasteiger partial charge in [-0.3, -0.25) is 0 Å². The van der Waals surface area contributed by atoms with E-state index in [9.17, 15) is 0 Å². The molecule has 1 unspecified atom stereocenters. The summed E-state index contributed by atoms with van der Waals surface area (Å²) < 4.78 is 17.5. The van der Waals surface area contributed by atoms with Crippen LogP contribution < -0.4 is 9.47 Å². The second kappa shape index (κ2) is 8.49. The third-order valence-electron chi connectivity index (χ3n) is 2.76. The van der Waals surface area contributed by atoms with Gasteiger partial charge < -0.3 is 13.9 Å². The van der Waals surface area contributed by atoms with E-state index in [0.717, 1.165) is 11.5 Å². The fourth-order valence-electron chi connectivity index (χ4n) is 1.75. The Morgan fingerprint density at radius 2 is 1.43 bits per heavy atom. The van der Waals surface area contributed by atoms with E-state index < -0.39 is 9.76 Å². The molecule has 0 radical (unpaired) electrons. The Hall–Kier alpha value is -1.78. The highest BCUT2D eigenvalue weighted by atomic mass is 28.2. The van der Waals surface area contributed by atoms with Crippen LogP contribution in [0, 0.1) is 0 Å². The van der Waals surface area contributed by atoms with Crippen molar-refractivity contribution in [2.75, 3.05) is 6.61 Å². The lowest BCUT2D eigenvalue weighted by atomic mass is 10.3. The quantitative estimate of drug-likeness (QED) is 0.552. The molecule has 0 heterocycles. The van der Waals surface area contributed by atoms with Gasteiger partial charge in [-0.05, 0) is 29.8 Å². The van der Waals surface area contributed by atoms with Gasteiger partial charge in [0.25, 0.3) is 0 Å². The molecular weight excluding hydrogens is 280 g/mol. The maximum atomic E-state index is 5.92. The van der Waals surface area contributed by atoms with Crippen LogP contribution >= 0.6 is 0 Å². The molecule has 2 aromatic carbocycles. The minimum absolute atomic E-state index is 0.360. The Labute approximate surface area is 128 Å². The Morgan fingerprint density at radius 1 is 0.857 bits per heavy atom. The number of rotatable bonds is 8. The maximum Gasteiger partial charge on any atom is 0.224 e. The number of para-hydroxylation sites is 2. The molecule has 0 saturated carbocycles. The lowest BCUT2D eigenvalue weighted by Gasteiger charge is -2.21. The molecule has 3 nitrogen and oxygen atoms in total. The van der Waals surface area contributed by atoms with Gasteiger partial charge in [-0.15, -0.1) is 0 Å². The molecule has 1 atom stereocenters. The SMILES string of the molecule is CC(C)[SiH2]OC(COc1ccccc1)Oc1ccccc1. The molecule has 0 spiro atoms. The minimum atomic E-state index is -0.622. The van der Waals surface area contributed by atoms with E-state index in [2.05, 4.69) is 13.8 Å². The van der Waals surface area contributed by atoms with Crippen molar-refractivity contribution in [3.63, 3.8) is 0 Å². The summed E-state index contributed by atoms with van der Waals surface area (Å²) in [4.78, 5) is 0. The van der Waals surface area contributed by atoms with Crippen LogP contribution in [0.1, 0.15) is 13.8 Å². The van der Waals surface area contributed by atoms with Crippen molar-refractivity contribution in [3.05, 3.63) is 60.7 Å².